The van der Waals surface area contributed by atoms with Crippen LogP contribution in [0.15, 0.2) is 12.1 Å². The number of carbonyl (C=O) groups is 1. The standard InChI is InChI=1S/C8H11N3O2/c1-6-3-4-7(11-10-6)5-9-8(12)13-2/h3-4H,5H2,1-2H3,(H,9,12). The Labute approximate surface area is 76.1 Å². The molecule has 0 unspecified atom stereocenters. The third kappa shape index (κ3) is 3.06. The van der Waals surface area contributed by atoms with E-state index >= 15 is 0 Å². The molecule has 0 saturated heterocycles. The molecule has 1 N–H and O–H groups in total. The van der Waals surface area contributed by atoms with Crippen LogP contribution in [0, 0.1) is 6.92 Å². The third-order valence-electron chi connectivity index (χ3n) is 1.45. The Morgan fingerprint density at radius 3 is 2.85 bits per heavy atom. The van der Waals surface area contributed by atoms with E-state index in [2.05, 4.69) is 20.3 Å². The van der Waals surface area contributed by atoms with Gasteiger partial charge in [-0.25, -0.2) is 4.79 Å². The highest BCUT2D eigenvalue weighted by Crippen LogP contribution is 1.94. The molecule has 5 heteroatoms. The monoisotopic (exact) mass is 181 g/mol. The highest BCUT2D eigenvalue weighted by Gasteiger charge is 1.99. The Hall–Kier alpha value is -1.65. The number of hydrogen-bond donors (Lipinski definition) is 1. The average molecular weight is 181 g/mol. The highest BCUT2D eigenvalue weighted by molar-refractivity contribution is 5.66. The number of alkyl carbamates (subject to hydrolysis) is 1. The van der Waals surface area contributed by atoms with E-state index in [4.69, 9.17) is 0 Å². The van der Waals surface area contributed by atoms with Gasteiger partial charge in [-0.15, -0.1) is 0 Å². The van der Waals surface area contributed by atoms with Gasteiger partial charge in [-0.2, -0.15) is 10.2 Å². The number of carbonyl (C=O) groups excluding carboxylic acids is 1. The van der Waals surface area contributed by atoms with E-state index in [0.717, 1.165) is 5.69 Å². The minimum absolute atomic E-state index is 0.333. The molecule has 0 bridgehead atoms. The van der Waals surface area contributed by atoms with Gasteiger partial charge in [-0.3, -0.25) is 0 Å². The van der Waals surface area contributed by atoms with E-state index in [1.807, 2.05) is 13.0 Å². The SMILES string of the molecule is COC(=O)NCc1ccc(C)nn1. The number of aromatic nitrogens is 2. The first-order valence-electron chi connectivity index (χ1n) is 3.83. The zero-order chi connectivity index (χ0) is 9.68. The van der Waals surface area contributed by atoms with Crippen molar-refractivity contribution in [2.24, 2.45) is 0 Å². The van der Waals surface area contributed by atoms with E-state index in [9.17, 15) is 4.79 Å². The zero-order valence-electron chi connectivity index (χ0n) is 7.57. The molecule has 0 spiro atoms. The first-order valence-corrected chi connectivity index (χ1v) is 3.83. The molecule has 0 radical (unpaired) electrons. The van der Waals surface area contributed by atoms with Gasteiger partial charge in [0.25, 0.3) is 0 Å². The predicted octanol–water partition coefficient (Wildman–Crippen LogP) is 0.641. The van der Waals surface area contributed by atoms with Crippen molar-refractivity contribution in [2.75, 3.05) is 7.11 Å². The Morgan fingerprint density at radius 2 is 2.31 bits per heavy atom. The van der Waals surface area contributed by atoms with Gasteiger partial charge in [0.05, 0.1) is 25.0 Å². The maximum atomic E-state index is 10.7. The van der Waals surface area contributed by atoms with Crippen LogP contribution in [-0.4, -0.2) is 23.4 Å². The summed E-state index contributed by atoms with van der Waals surface area (Å²) in [7, 11) is 1.32. The largest absolute Gasteiger partial charge is 0.453 e. The van der Waals surface area contributed by atoms with Gasteiger partial charge in [0.15, 0.2) is 0 Å². The van der Waals surface area contributed by atoms with Crippen molar-refractivity contribution < 1.29 is 9.53 Å². The van der Waals surface area contributed by atoms with Crippen LogP contribution >= 0.6 is 0 Å². The number of nitrogens with zero attached hydrogens (tertiary/aromatic N) is 2. The number of rotatable bonds is 2. The molecule has 1 amide bonds. The summed E-state index contributed by atoms with van der Waals surface area (Å²) in [6.45, 7) is 2.18. The van der Waals surface area contributed by atoms with Crippen molar-refractivity contribution >= 4 is 6.09 Å². The zero-order valence-corrected chi connectivity index (χ0v) is 7.57. The number of ether oxygens (including phenoxy) is 1. The van der Waals surface area contributed by atoms with Gasteiger partial charge < -0.3 is 10.1 Å². The van der Waals surface area contributed by atoms with Crippen molar-refractivity contribution in [1.82, 2.24) is 15.5 Å². The molecule has 1 aromatic heterocycles. The number of amides is 1. The molecule has 5 nitrogen and oxygen atoms in total. The van der Waals surface area contributed by atoms with Crippen LogP contribution < -0.4 is 5.32 Å². The summed E-state index contributed by atoms with van der Waals surface area (Å²) in [5.41, 5.74) is 1.55. The van der Waals surface area contributed by atoms with Gasteiger partial charge in [0, 0.05) is 0 Å². The summed E-state index contributed by atoms with van der Waals surface area (Å²) in [4.78, 5) is 10.7. The van der Waals surface area contributed by atoms with Crippen molar-refractivity contribution in [2.45, 2.75) is 13.5 Å². The molecule has 0 aliphatic carbocycles. The second-order valence-electron chi connectivity index (χ2n) is 2.51. The first kappa shape index (κ1) is 9.44. The Kier molecular flexibility index (Phi) is 3.19. The van der Waals surface area contributed by atoms with Gasteiger partial charge in [0.1, 0.15) is 0 Å². The highest BCUT2D eigenvalue weighted by atomic mass is 16.5. The van der Waals surface area contributed by atoms with E-state index in [1.165, 1.54) is 7.11 Å². The van der Waals surface area contributed by atoms with Crippen LogP contribution in [0.5, 0.6) is 0 Å². The summed E-state index contributed by atoms with van der Waals surface area (Å²) in [6, 6.07) is 3.64. The van der Waals surface area contributed by atoms with E-state index < -0.39 is 6.09 Å². The Balaban J connectivity index is 2.46. The molecule has 0 fully saturated rings. The molecule has 0 saturated carbocycles. The smallest absolute Gasteiger partial charge is 0.407 e. The van der Waals surface area contributed by atoms with Crippen LogP contribution in [0.1, 0.15) is 11.4 Å². The molecule has 13 heavy (non-hydrogen) atoms. The van der Waals surface area contributed by atoms with Crippen LogP contribution in [0.25, 0.3) is 0 Å². The molecule has 1 rings (SSSR count). The van der Waals surface area contributed by atoms with E-state index in [0.29, 0.717) is 12.2 Å². The van der Waals surface area contributed by atoms with Gasteiger partial charge in [-0.1, -0.05) is 0 Å². The second kappa shape index (κ2) is 4.39. The summed E-state index contributed by atoms with van der Waals surface area (Å²) < 4.78 is 4.40. The van der Waals surface area contributed by atoms with Crippen LogP contribution in [0.3, 0.4) is 0 Å². The van der Waals surface area contributed by atoms with Crippen LogP contribution in [0.4, 0.5) is 4.79 Å². The molecule has 1 aromatic rings. The number of methoxy groups -OCH3 is 1. The summed E-state index contributed by atoms with van der Waals surface area (Å²) >= 11 is 0. The average Bonchev–Trinajstić information content (AvgIpc) is 2.16. The van der Waals surface area contributed by atoms with Gasteiger partial charge >= 0.3 is 6.09 Å². The third-order valence-corrected chi connectivity index (χ3v) is 1.45. The molecule has 0 aromatic carbocycles. The van der Waals surface area contributed by atoms with Crippen LogP contribution in [-0.2, 0) is 11.3 Å². The molecule has 1 heterocycles. The lowest BCUT2D eigenvalue weighted by atomic mass is 10.3. The molecular weight excluding hydrogens is 170 g/mol. The molecule has 0 aliphatic rings. The maximum absolute atomic E-state index is 10.7. The minimum Gasteiger partial charge on any atom is -0.453 e. The lowest BCUT2D eigenvalue weighted by Gasteiger charge is -2.01. The number of nitrogens with one attached hydrogen (secondary N) is 1. The second-order valence-corrected chi connectivity index (χ2v) is 2.51. The van der Waals surface area contributed by atoms with Crippen molar-refractivity contribution in [3.63, 3.8) is 0 Å². The number of hydrogen-bond acceptors (Lipinski definition) is 4. The van der Waals surface area contributed by atoms with E-state index in [-0.39, 0.29) is 0 Å². The lowest BCUT2D eigenvalue weighted by Crippen LogP contribution is -2.22. The first-order chi connectivity index (χ1) is 6.22. The van der Waals surface area contributed by atoms with Crippen molar-refractivity contribution in [1.29, 1.82) is 0 Å². The van der Waals surface area contributed by atoms with Gasteiger partial charge in [0.2, 0.25) is 0 Å². The summed E-state index contributed by atoms with van der Waals surface area (Å²) in [5, 5.41) is 10.2. The quantitative estimate of drug-likeness (QED) is 0.727. The van der Waals surface area contributed by atoms with E-state index in [1.54, 1.807) is 6.07 Å². The molecule has 70 valence electrons. The molecular formula is C8H11N3O2. The lowest BCUT2D eigenvalue weighted by molar-refractivity contribution is 0.170. The predicted molar refractivity (Wildman–Crippen MR) is 46.0 cm³/mol. The fourth-order valence-electron chi connectivity index (χ4n) is 0.756. The Morgan fingerprint density at radius 1 is 1.54 bits per heavy atom. The van der Waals surface area contributed by atoms with Crippen molar-refractivity contribution in [3.8, 4) is 0 Å². The number of aryl methyl sites for hydroxylation is 1. The van der Waals surface area contributed by atoms with Crippen molar-refractivity contribution in [3.05, 3.63) is 23.5 Å². The van der Waals surface area contributed by atoms with Gasteiger partial charge in [-0.05, 0) is 19.1 Å². The fourth-order valence-corrected chi connectivity index (χ4v) is 0.756. The normalized spacial score (nSPS) is 9.38. The van der Waals surface area contributed by atoms with Crippen LogP contribution in [0.2, 0.25) is 0 Å². The topological polar surface area (TPSA) is 64.1 Å². The maximum Gasteiger partial charge on any atom is 0.407 e. The summed E-state index contributed by atoms with van der Waals surface area (Å²) in [6.07, 6.45) is -0.470. The summed E-state index contributed by atoms with van der Waals surface area (Å²) in [5.74, 6) is 0. The minimum atomic E-state index is -0.470. The molecule has 0 atom stereocenters. The molecule has 0 aliphatic heterocycles. The Bertz CT molecular complexity index is 284. The fraction of sp³-hybridized carbons (Fsp3) is 0.375.